The van der Waals surface area contributed by atoms with Crippen LogP contribution in [0.1, 0.15) is 48.0 Å². The highest BCUT2D eigenvalue weighted by Gasteiger charge is 2.47. The predicted octanol–water partition coefficient (Wildman–Crippen LogP) is 3.85. The average Bonchev–Trinajstić information content (AvgIpc) is 3.32. The minimum absolute atomic E-state index is 0.0513. The van der Waals surface area contributed by atoms with Gasteiger partial charge in [-0.3, -0.25) is 14.4 Å². The first-order chi connectivity index (χ1) is 14.0. The maximum absolute atomic E-state index is 13.5. The van der Waals surface area contributed by atoms with Crippen molar-refractivity contribution in [3.63, 3.8) is 0 Å². The smallest absolute Gasteiger partial charge is 0.257 e. The summed E-state index contributed by atoms with van der Waals surface area (Å²) in [5.41, 5.74) is 1.73. The molecule has 0 N–H and O–H groups in total. The van der Waals surface area contributed by atoms with Crippen molar-refractivity contribution in [3.8, 4) is 0 Å². The van der Waals surface area contributed by atoms with Gasteiger partial charge in [0.1, 0.15) is 11.9 Å². The predicted molar refractivity (Wildman–Crippen MR) is 107 cm³/mol. The third-order valence-corrected chi connectivity index (χ3v) is 5.87. The topological polar surface area (TPSA) is 57.7 Å². The lowest BCUT2D eigenvalue weighted by Crippen LogP contribution is -2.50. The molecule has 1 heterocycles. The molecular formula is C23H23FN2O3. The van der Waals surface area contributed by atoms with Crippen LogP contribution in [0.15, 0.2) is 48.5 Å². The first-order valence-electron chi connectivity index (χ1n) is 9.98. The van der Waals surface area contributed by atoms with Gasteiger partial charge in [-0.1, -0.05) is 31.0 Å². The Morgan fingerprint density at radius 2 is 1.69 bits per heavy atom. The molecule has 1 saturated heterocycles. The second kappa shape index (κ2) is 7.78. The van der Waals surface area contributed by atoms with Crippen LogP contribution >= 0.6 is 0 Å². The monoisotopic (exact) mass is 394 g/mol. The molecule has 5 nitrogen and oxygen atoms in total. The number of carbonyl (C=O) groups excluding carboxylic acids is 3. The normalized spacial score (nSPS) is 19.8. The molecule has 3 amide bonds. The van der Waals surface area contributed by atoms with E-state index in [0.717, 1.165) is 36.1 Å². The zero-order valence-electron chi connectivity index (χ0n) is 16.3. The van der Waals surface area contributed by atoms with Crippen molar-refractivity contribution in [2.24, 2.45) is 0 Å². The van der Waals surface area contributed by atoms with E-state index in [9.17, 15) is 18.8 Å². The number of hydrogen-bond acceptors (Lipinski definition) is 3. The van der Waals surface area contributed by atoms with Gasteiger partial charge in [0.05, 0.1) is 12.1 Å². The maximum Gasteiger partial charge on any atom is 0.257 e. The average molecular weight is 394 g/mol. The molecule has 4 rings (SSSR count). The van der Waals surface area contributed by atoms with Crippen LogP contribution in [-0.2, 0) is 9.59 Å². The second-order valence-electron chi connectivity index (χ2n) is 7.73. The molecule has 0 spiro atoms. The Hall–Kier alpha value is -3.02. The van der Waals surface area contributed by atoms with Gasteiger partial charge < -0.3 is 4.90 Å². The van der Waals surface area contributed by atoms with E-state index in [0.29, 0.717) is 11.3 Å². The van der Waals surface area contributed by atoms with Crippen LogP contribution in [0.4, 0.5) is 10.1 Å². The minimum atomic E-state index is -0.831. The lowest BCUT2D eigenvalue weighted by Gasteiger charge is -2.33. The number of carbonyl (C=O) groups is 3. The number of imide groups is 1. The summed E-state index contributed by atoms with van der Waals surface area (Å²) in [6.45, 7) is 1.87. The van der Waals surface area contributed by atoms with E-state index in [1.807, 2.05) is 19.1 Å². The number of halogens is 1. The van der Waals surface area contributed by atoms with E-state index in [1.165, 1.54) is 24.3 Å². The van der Waals surface area contributed by atoms with E-state index in [-0.39, 0.29) is 24.3 Å². The number of nitrogens with zero attached hydrogens (tertiary/aromatic N) is 2. The first kappa shape index (κ1) is 19.3. The molecular weight excluding hydrogens is 371 g/mol. The Morgan fingerprint density at radius 1 is 1.03 bits per heavy atom. The molecule has 0 bridgehead atoms. The Bertz CT molecular complexity index is 951. The zero-order valence-corrected chi connectivity index (χ0v) is 16.3. The number of amides is 3. The fourth-order valence-corrected chi connectivity index (χ4v) is 4.39. The highest BCUT2D eigenvalue weighted by atomic mass is 19.1. The van der Waals surface area contributed by atoms with Gasteiger partial charge in [0.15, 0.2) is 0 Å². The van der Waals surface area contributed by atoms with Crippen molar-refractivity contribution in [3.05, 3.63) is 65.5 Å². The van der Waals surface area contributed by atoms with Crippen molar-refractivity contribution in [2.75, 3.05) is 4.90 Å². The van der Waals surface area contributed by atoms with Gasteiger partial charge in [0.25, 0.3) is 11.8 Å². The molecule has 1 saturated carbocycles. The van der Waals surface area contributed by atoms with Crippen molar-refractivity contribution in [1.82, 2.24) is 4.90 Å². The fraction of sp³-hybridized carbons (Fsp3) is 0.348. The van der Waals surface area contributed by atoms with E-state index < -0.39 is 17.8 Å². The van der Waals surface area contributed by atoms with E-state index >= 15 is 0 Å². The van der Waals surface area contributed by atoms with Gasteiger partial charge in [-0.15, -0.1) is 0 Å². The third kappa shape index (κ3) is 3.55. The molecule has 0 radical (unpaired) electrons. The summed E-state index contributed by atoms with van der Waals surface area (Å²) in [5.74, 6) is -1.43. The van der Waals surface area contributed by atoms with Crippen molar-refractivity contribution >= 4 is 23.4 Å². The molecule has 2 fully saturated rings. The number of benzene rings is 2. The number of aryl methyl sites for hydroxylation is 1. The number of rotatable bonds is 4. The molecule has 29 heavy (non-hydrogen) atoms. The van der Waals surface area contributed by atoms with Crippen LogP contribution in [-0.4, -0.2) is 34.7 Å². The van der Waals surface area contributed by atoms with Gasteiger partial charge in [0, 0.05) is 11.6 Å². The Morgan fingerprint density at radius 3 is 2.34 bits per heavy atom. The van der Waals surface area contributed by atoms with Crippen LogP contribution < -0.4 is 4.90 Å². The van der Waals surface area contributed by atoms with Crippen molar-refractivity contribution < 1.29 is 18.8 Å². The molecule has 1 atom stereocenters. The molecule has 1 unspecified atom stereocenters. The standard InChI is InChI=1S/C23H23FN2O3/c1-15-6-2-5-9-19(15)22(28)25(17-7-3-4-8-17)20-14-21(27)26(23(20)29)18-12-10-16(24)11-13-18/h2,5-6,9-13,17,20H,3-4,7-8,14H2,1H3. The van der Waals surface area contributed by atoms with Gasteiger partial charge in [-0.05, 0) is 55.7 Å². The molecule has 1 aliphatic carbocycles. The molecule has 2 aromatic rings. The zero-order chi connectivity index (χ0) is 20.5. The maximum atomic E-state index is 13.5. The third-order valence-electron chi connectivity index (χ3n) is 5.87. The highest BCUT2D eigenvalue weighted by Crippen LogP contribution is 2.33. The molecule has 2 aliphatic rings. The van der Waals surface area contributed by atoms with Crippen molar-refractivity contribution in [2.45, 2.75) is 51.1 Å². The summed E-state index contributed by atoms with van der Waals surface area (Å²) in [5, 5.41) is 0. The Labute approximate surface area is 169 Å². The largest absolute Gasteiger partial charge is 0.323 e. The van der Waals surface area contributed by atoms with Crippen LogP contribution in [0, 0.1) is 12.7 Å². The summed E-state index contributed by atoms with van der Waals surface area (Å²) < 4.78 is 13.3. The van der Waals surface area contributed by atoms with Gasteiger partial charge >= 0.3 is 0 Å². The lowest BCUT2D eigenvalue weighted by molar-refractivity contribution is -0.123. The van der Waals surface area contributed by atoms with Crippen molar-refractivity contribution in [1.29, 1.82) is 0 Å². The van der Waals surface area contributed by atoms with E-state index in [1.54, 1.807) is 17.0 Å². The summed E-state index contributed by atoms with van der Waals surface area (Å²) in [4.78, 5) is 42.1. The van der Waals surface area contributed by atoms with E-state index in [2.05, 4.69) is 0 Å². The summed E-state index contributed by atoms with van der Waals surface area (Å²) in [6.07, 6.45) is 3.60. The van der Waals surface area contributed by atoms with Crippen LogP contribution in [0.5, 0.6) is 0 Å². The molecule has 1 aliphatic heterocycles. The SMILES string of the molecule is Cc1ccccc1C(=O)N(C1CCCC1)C1CC(=O)N(c2ccc(F)cc2)C1=O. The van der Waals surface area contributed by atoms with Gasteiger partial charge in [-0.2, -0.15) is 0 Å². The molecule has 0 aromatic heterocycles. The molecule has 6 heteroatoms. The Kier molecular flexibility index (Phi) is 5.18. The lowest BCUT2D eigenvalue weighted by atomic mass is 10.0. The number of anilines is 1. The summed E-state index contributed by atoms with van der Waals surface area (Å²) in [7, 11) is 0. The highest BCUT2D eigenvalue weighted by molar-refractivity contribution is 6.23. The van der Waals surface area contributed by atoms with Gasteiger partial charge in [0.2, 0.25) is 5.91 Å². The van der Waals surface area contributed by atoms with E-state index in [4.69, 9.17) is 0 Å². The summed E-state index contributed by atoms with van der Waals surface area (Å²) in [6, 6.07) is 11.7. The summed E-state index contributed by atoms with van der Waals surface area (Å²) >= 11 is 0. The molecule has 2 aromatic carbocycles. The fourth-order valence-electron chi connectivity index (χ4n) is 4.39. The van der Waals surface area contributed by atoms with Crippen LogP contribution in [0.2, 0.25) is 0 Å². The molecule has 150 valence electrons. The second-order valence-corrected chi connectivity index (χ2v) is 7.73. The Balaban J connectivity index is 1.69. The van der Waals surface area contributed by atoms with Crippen LogP contribution in [0.25, 0.3) is 0 Å². The van der Waals surface area contributed by atoms with Gasteiger partial charge in [-0.25, -0.2) is 9.29 Å². The first-order valence-corrected chi connectivity index (χ1v) is 9.98. The quantitative estimate of drug-likeness (QED) is 0.740. The minimum Gasteiger partial charge on any atom is -0.323 e. The van der Waals surface area contributed by atoms with Crippen LogP contribution in [0.3, 0.4) is 0 Å². The number of hydrogen-bond donors (Lipinski definition) is 0.